The van der Waals surface area contributed by atoms with Crippen molar-refractivity contribution in [3.05, 3.63) is 63.6 Å². The van der Waals surface area contributed by atoms with Gasteiger partial charge in [-0.25, -0.2) is 0 Å². The molecule has 0 heterocycles. The van der Waals surface area contributed by atoms with E-state index in [4.69, 9.17) is 4.74 Å². The zero-order chi connectivity index (χ0) is 24.7. The summed E-state index contributed by atoms with van der Waals surface area (Å²) in [7, 11) is 0. The molecule has 0 saturated heterocycles. The number of ether oxygens (including phenoxy) is 1. The number of carbonyl (C=O) groups is 2. The van der Waals surface area contributed by atoms with Crippen molar-refractivity contribution in [1.82, 2.24) is 10.2 Å². The van der Waals surface area contributed by atoms with E-state index in [-0.39, 0.29) is 24.5 Å². The molecule has 6 heteroatoms. The molecule has 0 spiro atoms. The van der Waals surface area contributed by atoms with Gasteiger partial charge in [0, 0.05) is 12.6 Å². The van der Waals surface area contributed by atoms with Gasteiger partial charge >= 0.3 is 0 Å². The van der Waals surface area contributed by atoms with E-state index in [0.717, 1.165) is 41.3 Å². The van der Waals surface area contributed by atoms with Crippen LogP contribution in [0.4, 0.5) is 0 Å². The van der Waals surface area contributed by atoms with Gasteiger partial charge in [-0.05, 0) is 77.4 Å². The predicted octanol–water partition coefficient (Wildman–Crippen LogP) is 6.13. The summed E-state index contributed by atoms with van der Waals surface area (Å²) in [5.74, 6) is 0.707. The topological polar surface area (TPSA) is 58.6 Å². The normalized spacial score (nSPS) is 15.1. The second-order valence-electron chi connectivity index (χ2n) is 9.60. The van der Waals surface area contributed by atoms with E-state index in [1.54, 1.807) is 4.90 Å². The van der Waals surface area contributed by atoms with E-state index in [1.807, 2.05) is 56.3 Å². The molecule has 0 radical (unpaired) electrons. The van der Waals surface area contributed by atoms with Gasteiger partial charge in [0.15, 0.2) is 6.61 Å². The second-order valence-corrected chi connectivity index (χ2v) is 10.5. The summed E-state index contributed by atoms with van der Waals surface area (Å²) < 4.78 is 6.71. The number of amides is 2. The molecule has 1 atom stereocenters. The van der Waals surface area contributed by atoms with Crippen LogP contribution in [0, 0.1) is 6.92 Å². The van der Waals surface area contributed by atoms with E-state index in [0.29, 0.717) is 18.2 Å². The van der Waals surface area contributed by atoms with Crippen LogP contribution in [-0.2, 0) is 16.1 Å². The fraction of sp³-hybridized carbons (Fsp3) is 0.500. The average Bonchev–Trinajstić information content (AvgIpc) is 2.82. The van der Waals surface area contributed by atoms with Crippen LogP contribution in [0.25, 0.3) is 0 Å². The van der Waals surface area contributed by atoms with Gasteiger partial charge in [0.2, 0.25) is 5.91 Å². The number of aryl methyl sites for hydroxylation is 1. The van der Waals surface area contributed by atoms with E-state index in [2.05, 4.69) is 35.1 Å². The van der Waals surface area contributed by atoms with Crippen molar-refractivity contribution < 1.29 is 14.3 Å². The second kappa shape index (κ2) is 12.4. The van der Waals surface area contributed by atoms with Gasteiger partial charge in [0.05, 0.1) is 4.47 Å². The molecular formula is C28H37BrN2O3. The van der Waals surface area contributed by atoms with Crippen molar-refractivity contribution in [3.8, 4) is 5.75 Å². The Kier molecular flexibility index (Phi) is 9.57. The molecule has 184 valence electrons. The molecular weight excluding hydrogens is 492 g/mol. The minimum atomic E-state index is -0.593. The highest BCUT2D eigenvalue weighted by atomic mass is 79.9. The van der Waals surface area contributed by atoms with Crippen molar-refractivity contribution >= 4 is 27.7 Å². The molecule has 1 aliphatic rings. The molecule has 3 rings (SSSR count). The fourth-order valence-electron chi connectivity index (χ4n) is 4.34. The number of rotatable bonds is 9. The number of halogens is 1. The zero-order valence-electron chi connectivity index (χ0n) is 20.8. The number of benzene rings is 2. The summed E-state index contributed by atoms with van der Waals surface area (Å²) in [4.78, 5) is 28.1. The molecule has 1 fully saturated rings. The number of nitrogens with zero attached hydrogens (tertiary/aromatic N) is 1. The zero-order valence-corrected chi connectivity index (χ0v) is 22.4. The highest BCUT2D eigenvalue weighted by Crippen LogP contribution is 2.29. The maximum Gasteiger partial charge on any atom is 0.261 e. The molecule has 1 aliphatic carbocycles. The molecule has 2 amide bonds. The number of carbonyl (C=O) groups excluding carboxylic acids is 2. The molecule has 2 aromatic carbocycles. The number of hydrogen-bond donors (Lipinski definition) is 1. The molecule has 0 unspecified atom stereocenters. The van der Waals surface area contributed by atoms with Crippen molar-refractivity contribution in [2.45, 2.75) is 84.3 Å². The lowest BCUT2D eigenvalue weighted by atomic mass is 9.95. The van der Waals surface area contributed by atoms with Crippen LogP contribution in [0.2, 0.25) is 0 Å². The first-order valence-electron chi connectivity index (χ1n) is 12.3. The van der Waals surface area contributed by atoms with Gasteiger partial charge < -0.3 is 15.0 Å². The molecule has 34 heavy (non-hydrogen) atoms. The Balaban J connectivity index is 1.73. The average molecular weight is 530 g/mol. The monoisotopic (exact) mass is 528 g/mol. The molecule has 0 aliphatic heterocycles. The molecule has 1 saturated carbocycles. The van der Waals surface area contributed by atoms with E-state index in [1.165, 1.54) is 12.0 Å². The third-order valence-corrected chi connectivity index (χ3v) is 7.31. The molecule has 2 aromatic rings. The quantitative estimate of drug-likeness (QED) is 0.426. The van der Waals surface area contributed by atoms with Gasteiger partial charge in [-0.2, -0.15) is 0 Å². The SMILES string of the molecule is Cc1ccccc1CN(C(=O)COc1ccc(C(C)C)cc1Br)[C@@H](C)C(=O)NC1CCCCC1. The van der Waals surface area contributed by atoms with Crippen molar-refractivity contribution in [2.24, 2.45) is 0 Å². The first-order chi connectivity index (χ1) is 16.3. The minimum Gasteiger partial charge on any atom is -0.483 e. The summed E-state index contributed by atoms with van der Waals surface area (Å²) in [5.41, 5.74) is 3.31. The summed E-state index contributed by atoms with van der Waals surface area (Å²) in [6, 6.07) is 13.5. The van der Waals surface area contributed by atoms with Crippen LogP contribution in [0.3, 0.4) is 0 Å². The molecule has 0 aromatic heterocycles. The Morgan fingerprint density at radius 3 is 2.44 bits per heavy atom. The van der Waals surface area contributed by atoms with Crippen LogP contribution in [0.5, 0.6) is 5.75 Å². The standard InChI is InChI=1S/C28H37BrN2O3/c1-19(2)22-14-15-26(25(29)16-22)34-18-27(32)31(17-23-11-9-8-10-20(23)3)21(4)28(33)30-24-12-6-5-7-13-24/h8-11,14-16,19,21,24H,5-7,12-13,17-18H2,1-4H3,(H,30,33)/t21-/m0/s1. The highest BCUT2D eigenvalue weighted by molar-refractivity contribution is 9.10. The Bertz CT molecular complexity index is 985. The largest absolute Gasteiger partial charge is 0.483 e. The smallest absolute Gasteiger partial charge is 0.261 e. The predicted molar refractivity (Wildman–Crippen MR) is 140 cm³/mol. The van der Waals surface area contributed by atoms with Crippen molar-refractivity contribution in [3.63, 3.8) is 0 Å². The van der Waals surface area contributed by atoms with Crippen LogP contribution in [0.15, 0.2) is 46.9 Å². The maximum atomic E-state index is 13.4. The number of nitrogens with one attached hydrogen (secondary N) is 1. The maximum absolute atomic E-state index is 13.4. The Hall–Kier alpha value is -2.34. The fourth-order valence-corrected chi connectivity index (χ4v) is 4.85. The van der Waals surface area contributed by atoms with Crippen LogP contribution < -0.4 is 10.1 Å². The lowest BCUT2D eigenvalue weighted by molar-refractivity contribution is -0.142. The molecule has 0 bridgehead atoms. The summed E-state index contributed by atoms with van der Waals surface area (Å²) in [5, 5.41) is 3.17. The van der Waals surface area contributed by atoms with Crippen molar-refractivity contribution in [1.29, 1.82) is 0 Å². The first-order valence-corrected chi connectivity index (χ1v) is 13.1. The van der Waals surface area contributed by atoms with Gasteiger partial charge in [-0.1, -0.05) is 63.4 Å². The van der Waals surface area contributed by atoms with Crippen molar-refractivity contribution in [2.75, 3.05) is 6.61 Å². The van der Waals surface area contributed by atoms with Crippen LogP contribution in [-0.4, -0.2) is 35.4 Å². The van der Waals surface area contributed by atoms with Gasteiger partial charge in [-0.3, -0.25) is 9.59 Å². The first kappa shape index (κ1) is 26.3. The van der Waals surface area contributed by atoms with E-state index >= 15 is 0 Å². The third kappa shape index (κ3) is 7.08. The lowest BCUT2D eigenvalue weighted by Crippen LogP contribution is -2.51. The van der Waals surface area contributed by atoms with Gasteiger partial charge in [-0.15, -0.1) is 0 Å². The Morgan fingerprint density at radius 1 is 1.09 bits per heavy atom. The minimum absolute atomic E-state index is 0.101. The molecule has 5 nitrogen and oxygen atoms in total. The van der Waals surface area contributed by atoms with Gasteiger partial charge in [0.25, 0.3) is 5.91 Å². The lowest BCUT2D eigenvalue weighted by Gasteiger charge is -2.31. The summed E-state index contributed by atoms with van der Waals surface area (Å²) in [6.07, 6.45) is 5.53. The Labute approximate surface area is 212 Å². The van der Waals surface area contributed by atoms with E-state index in [9.17, 15) is 9.59 Å². The Morgan fingerprint density at radius 2 is 1.79 bits per heavy atom. The third-order valence-electron chi connectivity index (χ3n) is 6.69. The summed E-state index contributed by atoms with van der Waals surface area (Å²) >= 11 is 3.56. The summed E-state index contributed by atoms with van der Waals surface area (Å²) in [6.45, 7) is 8.33. The van der Waals surface area contributed by atoms with E-state index < -0.39 is 6.04 Å². The van der Waals surface area contributed by atoms with Crippen LogP contribution in [0.1, 0.15) is 75.5 Å². The van der Waals surface area contributed by atoms with Gasteiger partial charge in [0.1, 0.15) is 11.8 Å². The molecule has 1 N–H and O–H groups in total. The highest BCUT2D eigenvalue weighted by Gasteiger charge is 2.28. The number of hydrogen-bond acceptors (Lipinski definition) is 3. The van der Waals surface area contributed by atoms with Crippen LogP contribution >= 0.6 is 15.9 Å².